The van der Waals surface area contributed by atoms with Crippen LogP contribution in [-0.2, 0) is 24.6 Å². The van der Waals surface area contributed by atoms with Crippen LogP contribution in [-0.4, -0.2) is 46.2 Å². The predicted octanol–water partition coefficient (Wildman–Crippen LogP) is 3.55. The van der Waals surface area contributed by atoms with Crippen molar-refractivity contribution in [3.05, 3.63) is 46.9 Å². The van der Waals surface area contributed by atoms with E-state index in [1.807, 2.05) is 20.8 Å². The summed E-state index contributed by atoms with van der Waals surface area (Å²) in [6.07, 6.45) is 0.336. The fourth-order valence-corrected chi connectivity index (χ4v) is 4.91. The molecule has 1 saturated heterocycles. The Kier molecular flexibility index (Phi) is 5.45. The third kappa shape index (κ3) is 2.77. The molecule has 8 heteroatoms. The molecule has 2 heterocycles. The summed E-state index contributed by atoms with van der Waals surface area (Å²) in [7, 11) is 0. The van der Waals surface area contributed by atoms with Crippen molar-refractivity contribution in [2.75, 3.05) is 13.2 Å². The van der Waals surface area contributed by atoms with Crippen molar-refractivity contribution in [3.63, 3.8) is 0 Å². The lowest BCUT2D eigenvalue weighted by Crippen LogP contribution is -2.62. The third-order valence-electron chi connectivity index (χ3n) is 6.54. The Balaban J connectivity index is 2.46. The Hall–Kier alpha value is -2.45. The molecule has 0 radical (unpaired) electrons. The summed E-state index contributed by atoms with van der Waals surface area (Å²) in [5.41, 5.74) is -2.73. The van der Waals surface area contributed by atoms with Gasteiger partial charge in [0.25, 0.3) is 5.91 Å². The second-order valence-corrected chi connectivity index (χ2v) is 8.33. The van der Waals surface area contributed by atoms with E-state index in [4.69, 9.17) is 9.47 Å². The van der Waals surface area contributed by atoms with Crippen LogP contribution in [0.5, 0.6) is 0 Å². The first-order valence-electron chi connectivity index (χ1n) is 10.0. The van der Waals surface area contributed by atoms with E-state index in [1.54, 1.807) is 11.8 Å². The molecule has 164 valence electrons. The zero-order valence-electron chi connectivity index (χ0n) is 17.9. The van der Waals surface area contributed by atoms with Gasteiger partial charge in [0.05, 0.1) is 24.3 Å². The molecule has 0 spiro atoms. The van der Waals surface area contributed by atoms with Gasteiger partial charge in [-0.15, -0.1) is 0 Å². The maximum Gasteiger partial charge on any atom is 0.334 e. The highest BCUT2D eigenvalue weighted by Gasteiger charge is 2.69. The zero-order valence-corrected chi connectivity index (χ0v) is 17.9. The lowest BCUT2D eigenvalue weighted by atomic mass is 9.65. The fourth-order valence-electron chi connectivity index (χ4n) is 4.91. The number of carboxylic acids is 2. The summed E-state index contributed by atoms with van der Waals surface area (Å²) in [5, 5.41) is 20.5. The summed E-state index contributed by atoms with van der Waals surface area (Å²) >= 11 is 0. The number of nitrogens with zero attached hydrogens (tertiary/aromatic N) is 1. The number of hydrogen-bond acceptors (Lipinski definition) is 5. The van der Waals surface area contributed by atoms with Crippen molar-refractivity contribution < 1.29 is 33.7 Å². The molecule has 30 heavy (non-hydrogen) atoms. The van der Waals surface area contributed by atoms with Gasteiger partial charge in [0.15, 0.2) is 0 Å². The highest BCUT2D eigenvalue weighted by Crippen LogP contribution is 2.61. The molecular weight excluding hydrogens is 393 g/mol. The van der Waals surface area contributed by atoms with Gasteiger partial charge in [-0.05, 0) is 37.5 Å². The number of carboxylic acid groups (broad SMARTS) is 2. The van der Waals surface area contributed by atoms with Crippen LogP contribution in [0.15, 0.2) is 35.5 Å². The Morgan fingerprint density at radius 3 is 2.07 bits per heavy atom. The maximum absolute atomic E-state index is 13.7. The molecule has 0 aliphatic carbocycles. The molecule has 1 aromatic rings. The molecule has 2 atom stereocenters. The molecule has 2 aliphatic rings. The molecule has 0 bridgehead atoms. The quantitative estimate of drug-likeness (QED) is 0.725. The maximum atomic E-state index is 13.7. The lowest BCUT2D eigenvalue weighted by molar-refractivity contribution is -0.281. The molecule has 0 amide bonds. The van der Waals surface area contributed by atoms with Crippen molar-refractivity contribution in [2.45, 2.75) is 52.5 Å². The first kappa shape index (κ1) is 22.2. The van der Waals surface area contributed by atoms with E-state index < -0.39 is 34.6 Å². The zero-order chi connectivity index (χ0) is 22.5. The summed E-state index contributed by atoms with van der Waals surface area (Å²) in [6, 6.07) is 5.46. The molecule has 2 aliphatic heterocycles. The molecule has 1 fully saturated rings. The first-order chi connectivity index (χ1) is 14.0. The predicted molar refractivity (Wildman–Crippen MR) is 106 cm³/mol. The molecule has 7 nitrogen and oxygen atoms in total. The van der Waals surface area contributed by atoms with Crippen molar-refractivity contribution in [1.82, 2.24) is 4.90 Å². The number of hydrogen-bond donors (Lipinski definition) is 2. The van der Waals surface area contributed by atoms with Gasteiger partial charge in [0.2, 0.25) is 0 Å². The highest BCUT2D eigenvalue weighted by molar-refractivity contribution is 5.99. The van der Waals surface area contributed by atoms with Gasteiger partial charge in [-0.2, -0.15) is 0 Å². The van der Waals surface area contributed by atoms with Crippen LogP contribution in [0.3, 0.4) is 0 Å². The Labute approximate surface area is 175 Å². The Morgan fingerprint density at radius 1 is 1.13 bits per heavy atom. The van der Waals surface area contributed by atoms with Gasteiger partial charge >= 0.3 is 11.9 Å². The number of allylic oxidation sites excluding steroid dienone is 1. The average Bonchev–Trinajstić information content (AvgIpc) is 3.24. The van der Waals surface area contributed by atoms with Crippen LogP contribution in [0.25, 0.3) is 0 Å². The van der Waals surface area contributed by atoms with Crippen molar-refractivity contribution in [1.29, 1.82) is 0 Å². The van der Waals surface area contributed by atoms with Crippen molar-refractivity contribution in [2.24, 2.45) is 11.3 Å². The number of rotatable bonds is 6. The molecule has 3 rings (SSSR count). The van der Waals surface area contributed by atoms with Crippen LogP contribution in [0.2, 0.25) is 0 Å². The van der Waals surface area contributed by atoms with Gasteiger partial charge < -0.3 is 24.6 Å². The lowest BCUT2D eigenvalue weighted by Gasteiger charge is -2.52. The fraction of sp³-hybridized carbons (Fsp3) is 0.545. The van der Waals surface area contributed by atoms with Crippen LogP contribution in [0.4, 0.5) is 4.39 Å². The minimum Gasteiger partial charge on any atom is -0.481 e. The van der Waals surface area contributed by atoms with E-state index in [0.29, 0.717) is 30.9 Å². The van der Waals surface area contributed by atoms with Crippen LogP contribution in [0, 0.1) is 17.2 Å². The largest absolute Gasteiger partial charge is 0.481 e. The van der Waals surface area contributed by atoms with E-state index in [1.165, 1.54) is 31.2 Å². The van der Waals surface area contributed by atoms with Crippen LogP contribution < -0.4 is 0 Å². The molecule has 0 saturated carbocycles. The standard InChI is InChI=1S/C22H28FNO6/c1-6-22(29-11-12-30-22)24-17(13(2)3)16(18(25)26)20(4,19(27)28)21(24,5)14-7-9-15(23)10-8-14/h7-10,13H,6,11-12H2,1-5H3,(H,25,26)(H,27,28). The van der Waals surface area contributed by atoms with Gasteiger partial charge in [-0.1, -0.05) is 32.9 Å². The minimum absolute atomic E-state index is 0.219. The smallest absolute Gasteiger partial charge is 0.334 e. The SMILES string of the molecule is CCC1(N2C(C(C)C)=C(C(=O)O)C(C)(C(=O)O)C2(C)c2ccc(F)cc2)OCCO1. The second-order valence-electron chi connectivity index (χ2n) is 8.33. The monoisotopic (exact) mass is 421 g/mol. The highest BCUT2D eigenvalue weighted by atomic mass is 19.1. The number of carbonyl (C=O) groups is 2. The number of halogens is 1. The van der Waals surface area contributed by atoms with Gasteiger partial charge in [-0.3, -0.25) is 4.79 Å². The minimum atomic E-state index is -1.87. The third-order valence-corrected chi connectivity index (χ3v) is 6.54. The van der Waals surface area contributed by atoms with Crippen LogP contribution in [0.1, 0.15) is 46.6 Å². The second kappa shape index (κ2) is 7.35. The normalized spacial score (nSPS) is 28.4. The summed E-state index contributed by atoms with van der Waals surface area (Å²) in [5.74, 6) is -4.76. The van der Waals surface area contributed by atoms with Gasteiger partial charge in [0.1, 0.15) is 11.2 Å². The average molecular weight is 421 g/mol. The number of ether oxygens (including phenoxy) is 2. The van der Waals surface area contributed by atoms with Crippen molar-refractivity contribution >= 4 is 11.9 Å². The molecule has 0 aromatic heterocycles. The summed E-state index contributed by atoms with van der Waals surface area (Å²) in [4.78, 5) is 26.9. The Morgan fingerprint density at radius 2 is 1.67 bits per heavy atom. The summed E-state index contributed by atoms with van der Waals surface area (Å²) < 4.78 is 25.7. The van der Waals surface area contributed by atoms with E-state index in [-0.39, 0.29) is 11.5 Å². The Bertz CT molecular complexity index is 889. The van der Waals surface area contributed by atoms with E-state index in [9.17, 15) is 24.2 Å². The summed E-state index contributed by atoms with van der Waals surface area (Å²) in [6.45, 7) is 9.11. The topological polar surface area (TPSA) is 96.3 Å². The van der Waals surface area contributed by atoms with E-state index in [0.717, 1.165) is 0 Å². The van der Waals surface area contributed by atoms with Crippen LogP contribution >= 0.6 is 0 Å². The molecular formula is C22H28FNO6. The van der Waals surface area contributed by atoms with E-state index >= 15 is 0 Å². The molecule has 2 unspecified atom stereocenters. The number of benzene rings is 1. The van der Waals surface area contributed by atoms with E-state index in [2.05, 4.69) is 0 Å². The van der Waals surface area contributed by atoms with Gasteiger partial charge in [-0.25, -0.2) is 9.18 Å². The van der Waals surface area contributed by atoms with Crippen molar-refractivity contribution in [3.8, 4) is 0 Å². The van der Waals surface area contributed by atoms with Gasteiger partial charge in [0, 0.05) is 12.1 Å². The first-order valence-corrected chi connectivity index (χ1v) is 10.0. The number of aliphatic carboxylic acids is 2. The molecule has 2 N–H and O–H groups in total. The molecule has 1 aromatic carbocycles.